The van der Waals surface area contributed by atoms with E-state index in [4.69, 9.17) is 5.73 Å². The molecule has 0 aromatic heterocycles. The average Bonchev–Trinajstić information content (AvgIpc) is 3.19. The van der Waals surface area contributed by atoms with Crippen LogP contribution in [-0.2, 0) is 10.0 Å². The minimum atomic E-state index is -4.81. The molecular formula is C12H15F3N2O3S. The lowest BCUT2D eigenvalue weighted by Crippen LogP contribution is -2.38. The van der Waals surface area contributed by atoms with Crippen molar-refractivity contribution >= 4 is 10.0 Å². The van der Waals surface area contributed by atoms with Crippen molar-refractivity contribution in [3.63, 3.8) is 0 Å². The van der Waals surface area contributed by atoms with Crippen LogP contribution in [0.2, 0.25) is 0 Å². The van der Waals surface area contributed by atoms with Crippen molar-refractivity contribution < 1.29 is 26.3 Å². The highest BCUT2D eigenvalue weighted by molar-refractivity contribution is 7.89. The van der Waals surface area contributed by atoms with Crippen LogP contribution in [-0.4, -0.2) is 27.4 Å². The maximum Gasteiger partial charge on any atom is 0.573 e. The predicted molar refractivity (Wildman–Crippen MR) is 69.0 cm³/mol. The molecule has 1 aliphatic carbocycles. The summed E-state index contributed by atoms with van der Waals surface area (Å²) in [4.78, 5) is -0.139. The second-order valence-electron chi connectivity index (χ2n) is 4.87. The van der Waals surface area contributed by atoms with Gasteiger partial charge in [-0.25, -0.2) is 13.1 Å². The zero-order valence-corrected chi connectivity index (χ0v) is 11.7. The molecule has 1 aromatic rings. The molecule has 1 atom stereocenters. The van der Waals surface area contributed by atoms with Crippen LogP contribution in [0, 0.1) is 5.92 Å². The lowest BCUT2D eigenvalue weighted by molar-refractivity contribution is -0.274. The Labute approximate surface area is 120 Å². The Bertz CT molecular complexity index is 583. The Hall–Kier alpha value is -1.32. The van der Waals surface area contributed by atoms with Gasteiger partial charge in [-0.3, -0.25) is 0 Å². The van der Waals surface area contributed by atoms with E-state index in [-0.39, 0.29) is 17.5 Å². The molecule has 118 valence electrons. The van der Waals surface area contributed by atoms with E-state index in [2.05, 4.69) is 9.46 Å². The van der Waals surface area contributed by atoms with Gasteiger partial charge in [0.2, 0.25) is 10.0 Å². The number of alkyl halides is 3. The van der Waals surface area contributed by atoms with Gasteiger partial charge in [0.1, 0.15) is 5.75 Å². The number of hydrogen-bond acceptors (Lipinski definition) is 4. The third-order valence-electron chi connectivity index (χ3n) is 3.10. The number of halogens is 3. The highest BCUT2D eigenvalue weighted by atomic mass is 32.2. The highest BCUT2D eigenvalue weighted by Gasteiger charge is 2.31. The summed E-state index contributed by atoms with van der Waals surface area (Å²) in [6.45, 7) is 0.105. The molecule has 9 heteroatoms. The standard InChI is InChI=1S/C12H15F3N2O3S/c13-12(14,15)20-9-3-5-10(6-4-9)21(18,19)17-7-11(16)8-1-2-8/h3-6,8,11,17H,1-2,7,16H2. The molecule has 3 N–H and O–H groups in total. The quantitative estimate of drug-likeness (QED) is 0.833. The van der Waals surface area contributed by atoms with Crippen molar-refractivity contribution in [1.82, 2.24) is 4.72 Å². The first-order chi connectivity index (χ1) is 9.67. The van der Waals surface area contributed by atoms with Crippen LogP contribution < -0.4 is 15.2 Å². The summed E-state index contributed by atoms with van der Waals surface area (Å²) in [7, 11) is -3.79. The van der Waals surface area contributed by atoms with Crippen molar-refractivity contribution in [2.24, 2.45) is 11.7 Å². The fraction of sp³-hybridized carbons (Fsp3) is 0.500. The molecule has 1 aliphatic rings. The van der Waals surface area contributed by atoms with Gasteiger partial charge < -0.3 is 10.5 Å². The van der Waals surface area contributed by atoms with Gasteiger partial charge in [-0.2, -0.15) is 0 Å². The molecule has 0 spiro atoms. The van der Waals surface area contributed by atoms with E-state index in [1.54, 1.807) is 0 Å². The Balaban J connectivity index is 1.99. The highest BCUT2D eigenvalue weighted by Crippen LogP contribution is 2.31. The average molecular weight is 324 g/mol. The number of sulfonamides is 1. The van der Waals surface area contributed by atoms with Crippen LogP contribution in [0.3, 0.4) is 0 Å². The molecule has 0 saturated heterocycles. The molecule has 1 unspecified atom stereocenters. The maximum absolute atomic E-state index is 12.0. The summed E-state index contributed by atoms with van der Waals surface area (Å²) in [5.41, 5.74) is 5.79. The third kappa shape index (κ3) is 4.87. The monoisotopic (exact) mass is 324 g/mol. The molecule has 2 rings (SSSR count). The van der Waals surface area contributed by atoms with Crippen LogP contribution in [0.1, 0.15) is 12.8 Å². The van der Waals surface area contributed by atoms with Crippen molar-refractivity contribution in [3.05, 3.63) is 24.3 Å². The van der Waals surface area contributed by atoms with E-state index < -0.39 is 22.1 Å². The fourth-order valence-electron chi connectivity index (χ4n) is 1.80. The first-order valence-corrected chi connectivity index (χ1v) is 7.77. The number of nitrogens with one attached hydrogen (secondary N) is 1. The van der Waals surface area contributed by atoms with E-state index in [0.717, 1.165) is 37.1 Å². The van der Waals surface area contributed by atoms with Crippen molar-refractivity contribution in [2.45, 2.75) is 30.1 Å². The summed E-state index contributed by atoms with van der Waals surface area (Å²) in [5.74, 6) is -0.133. The molecule has 0 bridgehead atoms. The Morgan fingerprint density at radius 1 is 1.29 bits per heavy atom. The Morgan fingerprint density at radius 3 is 2.33 bits per heavy atom. The van der Waals surface area contributed by atoms with Gasteiger partial charge in [0.25, 0.3) is 0 Å². The van der Waals surface area contributed by atoms with E-state index >= 15 is 0 Å². The van der Waals surface area contributed by atoms with Gasteiger partial charge in [-0.05, 0) is 43.0 Å². The zero-order valence-electron chi connectivity index (χ0n) is 10.9. The summed E-state index contributed by atoms with van der Waals surface area (Å²) < 4.78 is 65.9. The molecule has 0 aliphatic heterocycles. The molecule has 5 nitrogen and oxygen atoms in total. The van der Waals surface area contributed by atoms with Crippen LogP contribution in [0.4, 0.5) is 13.2 Å². The lowest BCUT2D eigenvalue weighted by atomic mass is 10.2. The summed E-state index contributed by atoms with van der Waals surface area (Å²) in [5, 5.41) is 0. The van der Waals surface area contributed by atoms with Crippen molar-refractivity contribution in [2.75, 3.05) is 6.54 Å². The molecular weight excluding hydrogens is 309 g/mol. The number of rotatable bonds is 6. The zero-order chi connectivity index (χ0) is 15.7. The molecule has 1 fully saturated rings. The summed E-state index contributed by atoms with van der Waals surface area (Å²) in [6, 6.07) is 3.75. The number of hydrogen-bond donors (Lipinski definition) is 2. The molecule has 0 radical (unpaired) electrons. The Morgan fingerprint density at radius 2 is 1.86 bits per heavy atom. The molecule has 0 heterocycles. The van der Waals surface area contributed by atoms with E-state index in [0.29, 0.717) is 5.92 Å². The Kier molecular flexibility index (Phi) is 4.45. The van der Waals surface area contributed by atoms with Crippen LogP contribution in [0.5, 0.6) is 5.75 Å². The predicted octanol–water partition coefficient (Wildman–Crippen LogP) is 1.60. The second kappa shape index (κ2) is 5.82. The lowest BCUT2D eigenvalue weighted by Gasteiger charge is -2.13. The third-order valence-corrected chi connectivity index (χ3v) is 4.54. The van der Waals surface area contributed by atoms with Gasteiger partial charge in [0.15, 0.2) is 0 Å². The van der Waals surface area contributed by atoms with Crippen molar-refractivity contribution in [3.8, 4) is 5.75 Å². The van der Waals surface area contributed by atoms with Gasteiger partial charge in [0.05, 0.1) is 4.90 Å². The minimum Gasteiger partial charge on any atom is -0.406 e. The van der Waals surface area contributed by atoms with Gasteiger partial charge in [-0.1, -0.05) is 0 Å². The maximum atomic E-state index is 12.0. The summed E-state index contributed by atoms with van der Waals surface area (Å²) >= 11 is 0. The largest absolute Gasteiger partial charge is 0.573 e. The second-order valence-corrected chi connectivity index (χ2v) is 6.64. The SMILES string of the molecule is NC(CNS(=O)(=O)c1ccc(OC(F)(F)F)cc1)C1CC1. The summed E-state index contributed by atoms with van der Waals surface area (Å²) in [6.07, 6.45) is -2.82. The molecule has 1 aromatic carbocycles. The number of ether oxygens (including phenoxy) is 1. The van der Waals surface area contributed by atoms with Crippen LogP contribution in [0.15, 0.2) is 29.2 Å². The smallest absolute Gasteiger partial charge is 0.406 e. The van der Waals surface area contributed by atoms with Crippen LogP contribution >= 0.6 is 0 Å². The van der Waals surface area contributed by atoms with Gasteiger partial charge in [0, 0.05) is 12.6 Å². The fourth-order valence-corrected chi connectivity index (χ4v) is 2.87. The molecule has 0 amide bonds. The topological polar surface area (TPSA) is 81.4 Å². The minimum absolute atomic E-state index is 0.105. The molecule has 21 heavy (non-hydrogen) atoms. The van der Waals surface area contributed by atoms with E-state index in [9.17, 15) is 21.6 Å². The van der Waals surface area contributed by atoms with E-state index in [1.165, 1.54) is 0 Å². The normalized spacial score (nSPS) is 17.5. The van der Waals surface area contributed by atoms with Crippen LogP contribution in [0.25, 0.3) is 0 Å². The van der Waals surface area contributed by atoms with Gasteiger partial charge >= 0.3 is 6.36 Å². The van der Waals surface area contributed by atoms with E-state index in [1.807, 2.05) is 0 Å². The number of nitrogens with two attached hydrogens (primary N) is 1. The van der Waals surface area contributed by atoms with Crippen molar-refractivity contribution in [1.29, 1.82) is 0 Å². The van der Waals surface area contributed by atoms with Gasteiger partial charge in [-0.15, -0.1) is 13.2 Å². The number of benzene rings is 1. The first kappa shape index (κ1) is 16.1. The molecule has 1 saturated carbocycles. The first-order valence-electron chi connectivity index (χ1n) is 6.28.